The third-order valence-electron chi connectivity index (χ3n) is 2.81. The van der Waals surface area contributed by atoms with Gasteiger partial charge in [0.25, 0.3) is 0 Å². The molecule has 0 aliphatic rings. The number of ether oxygens (including phenoxy) is 1. The van der Waals surface area contributed by atoms with E-state index in [-0.39, 0.29) is 5.56 Å². The average molecular weight is 444 g/mol. The van der Waals surface area contributed by atoms with Crippen molar-refractivity contribution in [3.05, 3.63) is 62.3 Å². The summed E-state index contributed by atoms with van der Waals surface area (Å²) in [6.07, 6.45) is 0. The first kappa shape index (κ1) is 16.6. The number of hydrogen-bond acceptors (Lipinski definition) is 1. The van der Waals surface area contributed by atoms with E-state index in [4.69, 9.17) is 16.3 Å². The summed E-state index contributed by atoms with van der Waals surface area (Å²) in [5, 5.41) is 0.421. The van der Waals surface area contributed by atoms with Crippen LogP contribution in [0.25, 0.3) is 0 Å². The van der Waals surface area contributed by atoms with E-state index in [0.717, 1.165) is 12.1 Å². The molecule has 2 aromatic rings. The third-order valence-corrected chi connectivity index (χ3v) is 4.64. The second kappa shape index (κ2) is 6.58. The zero-order chi connectivity index (χ0) is 15.7. The largest absolute Gasteiger partial charge is 0.495 e. The van der Waals surface area contributed by atoms with Crippen LogP contribution >= 0.6 is 43.5 Å². The van der Waals surface area contributed by atoms with Crippen molar-refractivity contribution in [1.82, 2.24) is 0 Å². The summed E-state index contributed by atoms with van der Waals surface area (Å²) in [7, 11) is 1.46. The molecule has 0 amide bonds. The Labute approximate surface area is 141 Å². The van der Waals surface area contributed by atoms with Crippen LogP contribution in [0.4, 0.5) is 13.2 Å². The summed E-state index contributed by atoms with van der Waals surface area (Å²) >= 11 is 12.6. The number of hydrogen-bond donors (Lipinski definition) is 0. The SMILES string of the molecule is COc1c(Br)cc(Cl)cc1C(Br)c1cc(F)c(F)c(F)c1. The van der Waals surface area contributed by atoms with Crippen LogP contribution < -0.4 is 4.74 Å². The normalized spacial score (nSPS) is 12.3. The Kier molecular flexibility index (Phi) is 5.22. The predicted octanol–water partition coefficient (Wildman–Crippen LogP) is 6.01. The standard InChI is InChI=1S/C14H8Br2ClF3O/c1-21-14-8(4-7(17)5-9(14)15)12(16)6-2-10(18)13(20)11(19)3-6/h2-5,12H,1H3. The Balaban J connectivity index is 2.57. The minimum atomic E-state index is -1.50. The molecule has 0 N–H and O–H groups in total. The van der Waals surface area contributed by atoms with Crippen molar-refractivity contribution >= 4 is 43.5 Å². The molecular formula is C14H8Br2ClF3O. The lowest BCUT2D eigenvalue weighted by molar-refractivity contribution is 0.407. The van der Waals surface area contributed by atoms with Crippen LogP contribution in [0.15, 0.2) is 28.7 Å². The molecule has 2 rings (SSSR count). The van der Waals surface area contributed by atoms with Crippen LogP contribution in [0.3, 0.4) is 0 Å². The first-order valence-electron chi connectivity index (χ1n) is 5.66. The fourth-order valence-electron chi connectivity index (χ4n) is 1.88. The molecule has 2 aromatic carbocycles. The van der Waals surface area contributed by atoms with Crippen LogP contribution in [-0.2, 0) is 0 Å². The summed E-state index contributed by atoms with van der Waals surface area (Å²) in [4.78, 5) is -0.618. The minimum Gasteiger partial charge on any atom is -0.495 e. The first-order chi connectivity index (χ1) is 9.85. The lowest BCUT2D eigenvalue weighted by Gasteiger charge is -2.17. The second-order valence-electron chi connectivity index (χ2n) is 4.17. The fraction of sp³-hybridized carbons (Fsp3) is 0.143. The molecule has 0 heterocycles. The van der Waals surface area contributed by atoms with E-state index in [0.29, 0.717) is 20.8 Å². The Hall–Kier alpha value is -0.720. The minimum absolute atomic E-state index is 0.207. The van der Waals surface area contributed by atoms with E-state index in [9.17, 15) is 13.2 Å². The first-order valence-corrected chi connectivity index (χ1v) is 7.75. The molecule has 0 saturated carbocycles. The van der Waals surface area contributed by atoms with Crippen molar-refractivity contribution in [2.75, 3.05) is 7.11 Å². The molecule has 7 heteroatoms. The Morgan fingerprint density at radius 1 is 1.10 bits per heavy atom. The molecule has 1 atom stereocenters. The molecule has 0 spiro atoms. The summed E-state index contributed by atoms with van der Waals surface area (Å²) in [5.74, 6) is -3.55. The van der Waals surface area contributed by atoms with Gasteiger partial charge in [-0.3, -0.25) is 0 Å². The highest BCUT2D eigenvalue weighted by Gasteiger charge is 2.21. The quantitative estimate of drug-likeness (QED) is 0.416. The van der Waals surface area contributed by atoms with Gasteiger partial charge in [-0.1, -0.05) is 27.5 Å². The van der Waals surface area contributed by atoms with Crippen LogP contribution in [-0.4, -0.2) is 7.11 Å². The fourth-order valence-corrected chi connectivity index (χ4v) is 3.49. The van der Waals surface area contributed by atoms with Gasteiger partial charge in [-0.15, -0.1) is 0 Å². The van der Waals surface area contributed by atoms with Gasteiger partial charge < -0.3 is 4.74 Å². The van der Waals surface area contributed by atoms with Gasteiger partial charge in [0.15, 0.2) is 17.5 Å². The molecule has 0 aliphatic carbocycles. The maximum absolute atomic E-state index is 13.4. The molecule has 0 aromatic heterocycles. The highest BCUT2D eigenvalue weighted by molar-refractivity contribution is 9.10. The molecule has 0 aliphatic heterocycles. The lowest BCUT2D eigenvalue weighted by Crippen LogP contribution is -2.01. The summed E-state index contributed by atoms with van der Waals surface area (Å²) in [6.45, 7) is 0. The summed E-state index contributed by atoms with van der Waals surface area (Å²) < 4.78 is 45.6. The van der Waals surface area contributed by atoms with Crippen molar-refractivity contribution in [3.8, 4) is 5.75 Å². The lowest BCUT2D eigenvalue weighted by atomic mass is 10.0. The molecule has 1 nitrogen and oxygen atoms in total. The molecule has 21 heavy (non-hydrogen) atoms. The molecule has 1 unspecified atom stereocenters. The second-order valence-corrected chi connectivity index (χ2v) is 6.38. The van der Waals surface area contributed by atoms with Crippen molar-refractivity contribution in [1.29, 1.82) is 0 Å². The maximum atomic E-state index is 13.4. The third kappa shape index (κ3) is 3.38. The number of rotatable bonds is 3. The van der Waals surface area contributed by atoms with E-state index < -0.39 is 22.3 Å². The zero-order valence-electron chi connectivity index (χ0n) is 10.6. The van der Waals surface area contributed by atoms with E-state index in [2.05, 4.69) is 31.9 Å². The van der Waals surface area contributed by atoms with Crippen LogP contribution in [0.1, 0.15) is 16.0 Å². The van der Waals surface area contributed by atoms with E-state index in [1.54, 1.807) is 12.1 Å². The van der Waals surface area contributed by atoms with Gasteiger partial charge in [0, 0.05) is 10.6 Å². The number of benzene rings is 2. The van der Waals surface area contributed by atoms with Gasteiger partial charge in [0.05, 0.1) is 16.4 Å². The van der Waals surface area contributed by atoms with Crippen molar-refractivity contribution in [3.63, 3.8) is 0 Å². The topological polar surface area (TPSA) is 9.23 Å². The molecule has 112 valence electrons. The van der Waals surface area contributed by atoms with Gasteiger partial charge >= 0.3 is 0 Å². The Morgan fingerprint density at radius 2 is 1.67 bits per heavy atom. The average Bonchev–Trinajstić information content (AvgIpc) is 2.42. The van der Waals surface area contributed by atoms with Crippen LogP contribution in [0.5, 0.6) is 5.75 Å². The van der Waals surface area contributed by atoms with Crippen LogP contribution in [0.2, 0.25) is 5.02 Å². The Morgan fingerprint density at radius 3 is 2.19 bits per heavy atom. The monoisotopic (exact) mass is 442 g/mol. The molecule has 0 radical (unpaired) electrons. The van der Waals surface area contributed by atoms with Crippen LogP contribution in [0, 0.1) is 17.5 Å². The molecule has 0 bridgehead atoms. The van der Waals surface area contributed by atoms with E-state index in [1.165, 1.54) is 7.11 Å². The Bertz CT molecular complexity index is 671. The smallest absolute Gasteiger partial charge is 0.194 e. The zero-order valence-corrected chi connectivity index (χ0v) is 14.5. The molecule has 0 saturated heterocycles. The van der Waals surface area contributed by atoms with Gasteiger partial charge in [0.1, 0.15) is 5.75 Å². The van der Waals surface area contributed by atoms with Crippen molar-refractivity contribution in [2.24, 2.45) is 0 Å². The van der Waals surface area contributed by atoms with Gasteiger partial charge in [-0.2, -0.15) is 0 Å². The molecular weight excluding hydrogens is 436 g/mol. The molecule has 0 fully saturated rings. The van der Waals surface area contributed by atoms with Gasteiger partial charge in [-0.05, 0) is 45.8 Å². The summed E-state index contributed by atoms with van der Waals surface area (Å²) in [5.41, 5.74) is 0.765. The van der Waals surface area contributed by atoms with E-state index >= 15 is 0 Å². The number of methoxy groups -OCH3 is 1. The van der Waals surface area contributed by atoms with Crippen molar-refractivity contribution < 1.29 is 17.9 Å². The number of alkyl halides is 1. The maximum Gasteiger partial charge on any atom is 0.194 e. The summed E-state index contributed by atoms with van der Waals surface area (Å²) in [6, 6.07) is 5.08. The van der Waals surface area contributed by atoms with Crippen molar-refractivity contribution in [2.45, 2.75) is 4.83 Å². The highest BCUT2D eigenvalue weighted by Crippen LogP contribution is 2.42. The van der Waals surface area contributed by atoms with E-state index in [1.807, 2.05) is 0 Å². The predicted molar refractivity (Wildman–Crippen MR) is 82.8 cm³/mol. The van der Waals surface area contributed by atoms with Gasteiger partial charge in [0.2, 0.25) is 0 Å². The highest BCUT2D eigenvalue weighted by atomic mass is 79.9. The van der Waals surface area contributed by atoms with Gasteiger partial charge in [-0.25, -0.2) is 13.2 Å². The number of halogens is 6.